The number of phenolic OH excluding ortho intramolecular Hbond substituents is 2. The highest BCUT2D eigenvalue weighted by atomic mass is 16.5. The van der Waals surface area contributed by atoms with Crippen molar-refractivity contribution in [2.24, 2.45) is 0 Å². The van der Waals surface area contributed by atoms with Crippen molar-refractivity contribution in [3.05, 3.63) is 141 Å². The molecule has 6 aromatic rings. The molecule has 0 atom stereocenters. The van der Waals surface area contributed by atoms with Gasteiger partial charge >= 0.3 is 0 Å². The van der Waals surface area contributed by atoms with Gasteiger partial charge in [-0.3, -0.25) is 0 Å². The molecule has 64 heavy (non-hydrogen) atoms. The van der Waals surface area contributed by atoms with Crippen molar-refractivity contribution >= 4 is 0 Å². The fourth-order valence-corrected chi connectivity index (χ4v) is 11.1. The summed E-state index contributed by atoms with van der Waals surface area (Å²) >= 11 is 0. The van der Waals surface area contributed by atoms with Gasteiger partial charge in [-0.15, -0.1) is 0 Å². The number of hydrogen-bond acceptors (Lipinski definition) is 4. The summed E-state index contributed by atoms with van der Waals surface area (Å²) in [6, 6.07) is 31.7. The standard InChI is InChI=1S/C56H58O4.2C2H6/c1-36-32-49(56(58)50(33-36)54-43-22-8-4-18-39(43)35-40-19-5-9-23-44(40)54)46-25-11-13-29-52(46)60-31-15-30-59-51-28-12-10-24-45(51)47-26-14-27-48(55(47)57)53-41-20-6-2-16-37(41)34-38-17-3-7-21-42(38)53;2*1-2/h10-14,24-29,32-35,57-58H,2-9,15-23,30-31H2,1H3;2*1-2H3. The van der Waals surface area contributed by atoms with E-state index in [0.29, 0.717) is 31.1 Å². The molecule has 4 aliphatic carbocycles. The van der Waals surface area contributed by atoms with Gasteiger partial charge in [-0.2, -0.15) is 0 Å². The normalized spacial score (nSPS) is 14.9. The summed E-state index contributed by atoms with van der Waals surface area (Å²) in [5.74, 6) is 2.20. The highest BCUT2D eigenvalue weighted by Gasteiger charge is 2.28. The minimum Gasteiger partial charge on any atom is -0.507 e. The average molecular weight is 855 g/mol. The van der Waals surface area contributed by atoms with Gasteiger partial charge in [-0.25, -0.2) is 0 Å². The van der Waals surface area contributed by atoms with E-state index in [1.165, 1.54) is 107 Å². The molecule has 0 amide bonds. The molecule has 0 unspecified atom stereocenters. The lowest BCUT2D eigenvalue weighted by atomic mass is 9.76. The van der Waals surface area contributed by atoms with Crippen molar-refractivity contribution < 1.29 is 19.7 Å². The van der Waals surface area contributed by atoms with Gasteiger partial charge in [0.2, 0.25) is 0 Å². The third kappa shape index (κ3) is 9.08. The van der Waals surface area contributed by atoms with Crippen molar-refractivity contribution in [1.82, 2.24) is 0 Å². The first kappa shape index (κ1) is 45.1. The first-order valence-corrected chi connectivity index (χ1v) is 25.0. The summed E-state index contributed by atoms with van der Waals surface area (Å²) in [5, 5.41) is 24.3. The Morgan fingerprint density at radius 2 is 0.750 bits per heavy atom. The van der Waals surface area contributed by atoms with Crippen LogP contribution in [-0.2, 0) is 51.4 Å². The number of phenols is 2. The van der Waals surface area contributed by atoms with Crippen LogP contribution in [0.25, 0.3) is 44.5 Å². The SMILES string of the molecule is CC.CC.Cc1cc(-c2ccccc2OCCCOc2ccccc2-c2cccc(-c3c4c(cc5c3CCCC5)CCCC4)c2O)c(O)c(-c2c3c(cc4c2CCCC4)CCCC3)c1. The molecule has 0 heterocycles. The van der Waals surface area contributed by atoms with Crippen LogP contribution in [0.2, 0.25) is 0 Å². The van der Waals surface area contributed by atoms with E-state index in [1.54, 1.807) is 0 Å². The fourth-order valence-electron chi connectivity index (χ4n) is 11.1. The second kappa shape index (κ2) is 21.0. The second-order valence-corrected chi connectivity index (χ2v) is 17.8. The quantitative estimate of drug-likeness (QED) is 0.135. The molecule has 0 aliphatic heterocycles. The summed E-state index contributed by atoms with van der Waals surface area (Å²) in [7, 11) is 0. The third-order valence-corrected chi connectivity index (χ3v) is 13.9. The zero-order valence-electron chi connectivity index (χ0n) is 39.3. The molecule has 4 nitrogen and oxygen atoms in total. The molecule has 4 heteroatoms. The molecule has 6 aromatic carbocycles. The largest absolute Gasteiger partial charge is 0.507 e. The molecule has 0 saturated heterocycles. The van der Waals surface area contributed by atoms with Crippen molar-refractivity contribution in [2.75, 3.05) is 13.2 Å². The van der Waals surface area contributed by atoms with E-state index in [1.807, 2.05) is 70.2 Å². The molecular formula is C60H70O4. The predicted molar refractivity (Wildman–Crippen MR) is 268 cm³/mol. The van der Waals surface area contributed by atoms with Crippen LogP contribution in [0.15, 0.2) is 91.0 Å². The molecule has 334 valence electrons. The Hall–Kier alpha value is -5.48. The van der Waals surface area contributed by atoms with Gasteiger partial charge in [0.15, 0.2) is 0 Å². The maximum atomic E-state index is 12.2. The van der Waals surface area contributed by atoms with Crippen LogP contribution in [0.1, 0.15) is 136 Å². The number of aromatic hydroxyl groups is 2. The molecule has 10 rings (SSSR count). The molecular weight excluding hydrogens is 785 g/mol. The Morgan fingerprint density at radius 3 is 1.23 bits per heavy atom. The van der Waals surface area contributed by atoms with E-state index >= 15 is 0 Å². The summed E-state index contributed by atoms with van der Waals surface area (Å²) in [6.45, 7) is 11.1. The lowest BCUT2D eigenvalue weighted by Crippen LogP contribution is -2.13. The maximum absolute atomic E-state index is 12.2. The molecule has 0 radical (unpaired) electrons. The Kier molecular flexibility index (Phi) is 14.8. The lowest BCUT2D eigenvalue weighted by Gasteiger charge is -2.28. The number of benzene rings is 6. The number of fused-ring (bicyclic) bond motifs is 4. The van der Waals surface area contributed by atoms with Crippen LogP contribution in [-0.4, -0.2) is 23.4 Å². The topological polar surface area (TPSA) is 58.9 Å². The van der Waals surface area contributed by atoms with Crippen LogP contribution in [0.3, 0.4) is 0 Å². The van der Waals surface area contributed by atoms with Crippen LogP contribution < -0.4 is 9.47 Å². The van der Waals surface area contributed by atoms with Crippen molar-refractivity contribution in [3.63, 3.8) is 0 Å². The minimum absolute atomic E-state index is 0.342. The summed E-state index contributed by atoms with van der Waals surface area (Å²) in [4.78, 5) is 0. The molecule has 0 saturated carbocycles. The van der Waals surface area contributed by atoms with Crippen molar-refractivity contribution in [3.8, 4) is 67.5 Å². The van der Waals surface area contributed by atoms with Crippen LogP contribution in [0.5, 0.6) is 23.0 Å². The first-order valence-electron chi connectivity index (χ1n) is 25.0. The van der Waals surface area contributed by atoms with Crippen molar-refractivity contribution in [1.29, 1.82) is 0 Å². The van der Waals surface area contributed by atoms with Gasteiger partial charge in [0.05, 0.1) is 13.2 Å². The smallest absolute Gasteiger partial charge is 0.131 e. The number of aryl methyl sites for hydroxylation is 5. The van der Waals surface area contributed by atoms with Crippen LogP contribution >= 0.6 is 0 Å². The Labute approximate surface area is 383 Å². The first-order chi connectivity index (χ1) is 31.5. The zero-order valence-corrected chi connectivity index (χ0v) is 39.3. The molecule has 0 bridgehead atoms. The molecule has 0 spiro atoms. The van der Waals surface area contributed by atoms with Crippen LogP contribution in [0.4, 0.5) is 0 Å². The minimum atomic E-state index is 0.342. The van der Waals surface area contributed by atoms with Gasteiger partial charge in [-0.1, -0.05) is 94.4 Å². The van der Waals surface area contributed by atoms with Gasteiger partial charge in [0, 0.05) is 39.8 Å². The summed E-state index contributed by atoms with van der Waals surface area (Å²) in [6.07, 6.45) is 19.3. The van der Waals surface area contributed by atoms with E-state index in [2.05, 4.69) is 55.5 Å². The van der Waals surface area contributed by atoms with Gasteiger partial charge in [0.25, 0.3) is 0 Å². The molecule has 4 aliphatic rings. The van der Waals surface area contributed by atoms with E-state index in [0.717, 1.165) is 102 Å². The van der Waals surface area contributed by atoms with Gasteiger partial charge < -0.3 is 19.7 Å². The predicted octanol–water partition coefficient (Wildman–Crippen LogP) is 15.5. The Bertz CT molecular complexity index is 2510. The summed E-state index contributed by atoms with van der Waals surface area (Å²) in [5.41, 5.74) is 20.9. The van der Waals surface area contributed by atoms with Crippen LogP contribution in [0, 0.1) is 6.92 Å². The van der Waals surface area contributed by atoms with E-state index in [9.17, 15) is 10.2 Å². The highest BCUT2D eigenvalue weighted by molar-refractivity contribution is 5.89. The summed E-state index contributed by atoms with van der Waals surface area (Å²) < 4.78 is 13.0. The lowest BCUT2D eigenvalue weighted by molar-refractivity contribution is 0.248. The maximum Gasteiger partial charge on any atom is 0.131 e. The monoisotopic (exact) mass is 855 g/mol. The number of hydrogen-bond donors (Lipinski definition) is 2. The number of ether oxygens (including phenoxy) is 2. The Balaban J connectivity index is 0.00000136. The van der Waals surface area contributed by atoms with Crippen molar-refractivity contribution in [2.45, 2.75) is 144 Å². The molecule has 2 N–H and O–H groups in total. The number of rotatable bonds is 10. The van der Waals surface area contributed by atoms with Gasteiger partial charge in [0.1, 0.15) is 23.0 Å². The van der Waals surface area contributed by atoms with Gasteiger partial charge in [-0.05, 0) is 195 Å². The third-order valence-electron chi connectivity index (χ3n) is 13.9. The molecule has 0 aromatic heterocycles. The zero-order chi connectivity index (χ0) is 44.6. The molecule has 0 fully saturated rings. The highest BCUT2D eigenvalue weighted by Crippen LogP contribution is 2.49. The van der Waals surface area contributed by atoms with E-state index in [-0.39, 0.29) is 0 Å². The second-order valence-electron chi connectivity index (χ2n) is 17.8. The average Bonchev–Trinajstić information content (AvgIpc) is 3.35. The fraction of sp³-hybridized carbons (Fsp3) is 0.400. The Morgan fingerprint density at radius 1 is 0.391 bits per heavy atom. The number of para-hydroxylation sites is 3. The van der Waals surface area contributed by atoms with E-state index < -0.39 is 0 Å². The van der Waals surface area contributed by atoms with E-state index in [4.69, 9.17) is 9.47 Å².